The van der Waals surface area contributed by atoms with Crippen LogP contribution in [0.15, 0.2) is 24.3 Å². The molecule has 0 aromatic heterocycles. The zero-order chi connectivity index (χ0) is 22.3. The van der Waals surface area contributed by atoms with Gasteiger partial charge in [0.2, 0.25) is 11.8 Å². The van der Waals surface area contributed by atoms with Crippen molar-refractivity contribution in [2.45, 2.75) is 52.1 Å². The van der Waals surface area contributed by atoms with Crippen LogP contribution in [-0.4, -0.2) is 50.8 Å². The molecule has 0 radical (unpaired) electrons. The summed E-state index contributed by atoms with van der Waals surface area (Å²) in [5.41, 5.74) is 1.38. The van der Waals surface area contributed by atoms with Crippen LogP contribution in [0.25, 0.3) is 0 Å². The second-order valence-corrected chi connectivity index (χ2v) is 14.9. The van der Waals surface area contributed by atoms with E-state index >= 15 is 0 Å². The Morgan fingerprint density at radius 2 is 1.90 bits per heavy atom. The number of ether oxygens (including phenoxy) is 1. The number of rotatable bonds is 11. The number of aryl methyl sites for hydroxylation is 1. The predicted molar refractivity (Wildman–Crippen MR) is 129 cm³/mol. The third-order valence-corrected chi connectivity index (χ3v) is 7.80. The van der Waals surface area contributed by atoms with Crippen LogP contribution in [0.4, 0.5) is 5.69 Å². The van der Waals surface area contributed by atoms with Gasteiger partial charge in [-0.25, -0.2) is 0 Å². The molecule has 2 rings (SSSR count). The number of amides is 3. The van der Waals surface area contributed by atoms with Crippen molar-refractivity contribution in [3.05, 3.63) is 29.8 Å². The van der Waals surface area contributed by atoms with E-state index in [1.54, 1.807) is 19.1 Å². The molecule has 6 nitrogen and oxygen atoms in total. The molecular weight excluding hydrogens is 495 g/mol. The predicted octanol–water partition coefficient (Wildman–Crippen LogP) is 3.59. The number of carbonyl (C=O) groups is 3. The smallest absolute Gasteiger partial charge is 0.274 e. The van der Waals surface area contributed by atoms with Gasteiger partial charge in [-0.2, -0.15) is 0 Å². The first-order valence-corrected chi connectivity index (χ1v) is 16.3. The Labute approximate surface area is 187 Å². The van der Waals surface area contributed by atoms with Gasteiger partial charge in [0, 0.05) is 12.3 Å². The van der Waals surface area contributed by atoms with Gasteiger partial charge in [0.05, 0.1) is 5.69 Å². The van der Waals surface area contributed by atoms with Gasteiger partial charge >= 0.3 is 124 Å². The van der Waals surface area contributed by atoms with E-state index in [0.717, 1.165) is 18.6 Å². The molecule has 0 bridgehead atoms. The van der Waals surface area contributed by atoms with E-state index in [1.165, 1.54) is 9.33 Å². The van der Waals surface area contributed by atoms with Crippen LogP contribution in [0.1, 0.15) is 45.6 Å². The summed E-state index contributed by atoms with van der Waals surface area (Å²) in [6.07, 6.45) is 2.07. The van der Waals surface area contributed by atoms with E-state index in [-0.39, 0.29) is 35.7 Å². The molecule has 1 fully saturated rings. The number of nitrogens with zero attached hydrogens (tertiary/aromatic N) is 1. The quantitative estimate of drug-likeness (QED) is 0.270. The number of benzene rings is 1. The molecule has 1 aromatic rings. The Bertz CT molecular complexity index is 746. The number of alkyl halides is 3. The summed E-state index contributed by atoms with van der Waals surface area (Å²) in [5.74, 6) is -0.540. The number of anilines is 1. The third kappa shape index (κ3) is 7.65. The number of imide groups is 1. The average molecular weight is 530 g/mol. The summed E-state index contributed by atoms with van der Waals surface area (Å²) < 4.78 is 7.15. The Morgan fingerprint density at radius 3 is 2.47 bits per heavy atom. The zero-order valence-corrected chi connectivity index (χ0v) is 21.0. The Kier molecular flexibility index (Phi) is 9.28. The Hall–Kier alpha value is -1.48. The fourth-order valence-electron chi connectivity index (χ4n) is 3.26. The molecule has 0 aliphatic carbocycles. The zero-order valence-electron chi connectivity index (χ0n) is 18.8. The summed E-state index contributed by atoms with van der Waals surface area (Å²) in [5, 5.41) is 2.97. The van der Waals surface area contributed by atoms with Crippen molar-refractivity contribution in [2.75, 3.05) is 32.3 Å². The number of hydrogen-bond acceptors (Lipinski definition) is 4. The van der Waals surface area contributed by atoms with Gasteiger partial charge in [0.1, 0.15) is 0 Å². The fourth-order valence-corrected chi connectivity index (χ4v) is 4.36. The van der Waals surface area contributed by atoms with Crippen molar-refractivity contribution < 1.29 is 19.1 Å². The van der Waals surface area contributed by atoms with Gasteiger partial charge in [0.25, 0.3) is 0 Å². The molecule has 7 heteroatoms. The Morgan fingerprint density at radius 1 is 1.23 bits per heavy atom. The molecule has 1 unspecified atom stereocenters. The summed E-state index contributed by atoms with van der Waals surface area (Å²) in [6, 6.07) is 7.31. The first kappa shape index (κ1) is 24.8. The van der Waals surface area contributed by atoms with Gasteiger partial charge in [-0.1, -0.05) is 6.92 Å². The average Bonchev–Trinajstić information content (AvgIpc) is 2.91. The van der Waals surface area contributed by atoms with Gasteiger partial charge in [0.15, 0.2) is 0 Å². The SMILES string of the molecule is CC1CC(=O)N(c2ccc(CCC(=O)NCCC(C)(C)OCCI(C)C)cc2)C1=O. The van der Waals surface area contributed by atoms with E-state index < -0.39 is 19.8 Å². The molecule has 0 saturated carbocycles. The Balaban J connectivity index is 1.72. The van der Waals surface area contributed by atoms with E-state index in [4.69, 9.17) is 4.74 Å². The van der Waals surface area contributed by atoms with Gasteiger partial charge in [-0.3, -0.25) is 14.5 Å². The van der Waals surface area contributed by atoms with Crippen molar-refractivity contribution >= 4 is 43.2 Å². The van der Waals surface area contributed by atoms with Gasteiger partial charge in [-0.15, -0.1) is 0 Å². The van der Waals surface area contributed by atoms with Crippen LogP contribution in [0.2, 0.25) is 0 Å². The van der Waals surface area contributed by atoms with Crippen LogP contribution in [0.5, 0.6) is 0 Å². The minimum absolute atomic E-state index is 0.0177. The van der Waals surface area contributed by atoms with Crippen molar-refractivity contribution in [1.82, 2.24) is 5.32 Å². The molecule has 1 aromatic carbocycles. The first-order valence-electron chi connectivity index (χ1n) is 10.4. The van der Waals surface area contributed by atoms with Gasteiger partial charge in [-0.05, 0) is 12.1 Å². The molecule has 1 heterocycles. The van der Waals surface area contributed by atoms with E-state index in [1.807, 2.05) is 12.1 Å². The third-order valence-electron chi connectivity index (χ3n) is 5.20. The van der Waals surface area contributed by atoms with Crippen LogP contribution >= 0.6 is 19.8 Å². The summed E-state index contributed by atoms with van der Waals surface area (Å²) in [7, 11) is 0. The van der Waals surface area contributed by atoms with E-state index in [9.17, 15) is 14.4 Å². The molecule has 1 aliphatic heterocycles. The van der Waals surface area contributed by atoms with Gasteiger partial charge < -0.3 is 0 Å². The van der Waals surface area contributed by atoms with E-state index in [2.05, 4.69) is 29.0 Å². The van der Waals surface area contributed by atoms with Crippen molar-refractivity contribution in [3.8, 4) is 0 Å². The maximum absolute atomic E-state index is 12.2. The molecular formula is C23H35IN2O4. The van der Waals surface area contributed by atoms with Crippen LogP contribution in [-0.2, 0) is 25.5 Å². The number of nitrogens with one attached hydrogen (secondary N) is 1. The first-order chi connectivity index (χ1) is 14.1. The topological polar surface area (TPSA) is 75.7 Å². The monoisotopic (exact) mass is 530 g/mol. The maximum atomic E-state index is 12.2. The minimum Gasteiger partial charge on any atom is -0.274 e. The molecule has 30 heavy (non-hydrogen) atoms. The second-order valence-electron chi connectivity index (χ2n) is 8.65. The van der Waals surface area contributed by atoms with Crippen molar-refractivity contribution in [1.29, 1.82) is 0 Å². The standard InChI is InChI=1S/C23H35IN2O4/c1-17-16-21(28)26(22(17)29)19-9-6-18(7-10-19)8-11-20(27)25-14-12-23(2,3)30-15-13-24(4)5/h6-7,9-10,17H,8,11-16H2,1-5H3,(H,25,27). The molecule has 3 amide bonds. The van der Waals surface area contributed by atoms with Crippen LogP contribution in [0, 0.1) is 5.92 Å². The van der Waals surface area contributed by atoms with Crippen molar-refractivity contribution in [2.24, 2.45) is 5.92 Å². The molecule has 1 aliphatic rings. The summed E-state index contributed by atoms with van der Waals surface area (Å²) in [6.45, 7) is 7.32. The molecule has 1 atom stereocenters. The van der Waals surface area contributed by atoms with Crippen molar-refractivity contribution in [3.63, 3.8) is 0 Å². The van der Waals surface area contributed by atoms with Crippen LogP contribution in [0.3, 0.4) is 0 Å². The molecule has 1 N–H and O–H groups in total. The number of hydrogen-bond donors (Lipinski definition) is 1. The fraction of sp³-hybridized carbons (Fsp3) is 0.609. The normalized spacial score (nSPS) is 17.4. The minimum atomic E-state index is -0.748. The van der Waals surface area contributed by atoms with E-state index in [0.29, 0.717) is 25.1 Å². The molecule has 0 spiro atoms. The molecule has 168 valence electrons. The molecule has 1 saturated heterocycles. The summed E-state index contributed by atoms with van der Waals surface area (Å²) >= 11 is -0.748. The summed E-state index contributed by atoms with van der Waals surface area (Å²) in [4.78, 5) is 42.2. The van der Waals surface area contributed by atoms with Crippen LogP contribution < -0.4 is 10.2 Å². The number of carbonyl (C=O) groups excluding carboxylic acids is 3. The number of halogens is 1. The second kappa shape index (κ2) is 11.2.